The highest BCUT2D eigenvalue weighted by Gasteiger charge is 2.16. The highest BCUT2D eigenvalue weighted by Crippen LogP contribution is 2.31. The maximum atomic E-state index is 6.44. The van der Waals surface area contributed by atoms with Gasteiger partial charge in [-0.1, -0.05) is 23.7 Å². The first-order valence-electron chi connectivity index (χ1n) is 7.30. The first-order chi connectivity index (χ1) is 10.1. The van der Waals surface area contributed by atoms with Crippen molar-refractivity contribution in [2.75, 3.05) is 44.2 Å². The number of anilines is 1. The number of para-hydroxylation sites is 1. The minimum Gasteiger partial charge on any atom is -0.383 e. The van der Waals surface area contributed by atoms with E-state index >= 15 is 0 Å². The van der Waals surface area contributed by atoms with E-state index in [1.165, 1.54) is 5.56 Å². The minimum atomic E-state index is 0.468. The Labute approximate surface area is 138 Å². The largest absolute Gasteiger partial charge is 0.383 e. The molecule has 3 nitrogen and oxygen atoms in total. The van der Waals surface area contributed by atoms with E-state index in [9.17, 15) is 0 Å². The summed E-state index contributed by atoms with van der Waals surface area (Å²) in [5.74, 6) is 1.16. The standard InChI is InChI=1S/C16H27ClN2OS/c1-13(8-11-21-4)19(2)16-14(6-5-7-15(16)17)12-18-9-10-20-3/h5-7,13,18H,8-12H2,1-4H3. The van der Waals surface area contributed by atoms with Gasteiger partial charge in [0.15, 0.2) is 0 Å². The monoisotopic (exact) mass is 330 g/mol. The van der Waals surface area contributed by atoms with Crippen LogP contribution in [-0.4, -0.2) is 45.4 Å². The summed E-state index contributed by atoms with van der Waals surface area (Å²) in [4.78, 5) is 2.30. The molecule has 1 unspecified atom stereocenters. The van der Waals surface area contributed by atoms with Crippen molar-refractivity contribution in [3.8, 4) is 0 Å². The maximum absolute atomic E-state index is 6.44. The number of thioether (sulfide) groups is 1. The summed E-state index contributed by atoms with van der Waals surface area (Å²) in [6.45, 7) is 4.62. The van der Waals surface area contributed by atoms with Crippen LogP contribution in [0.15, 0.2) is 18.2 Å². The molecule has 0 spiro atoms. The molecule has 0 saturated carbocycles. The van der Waals surface area contributed by atoms with Crippen LogP contribution < -0.4 is 10.2 Å². The summed E-state index contributed by atoms with van der Waals surface area (Å²) >= 11 is 8.33. The number of methoxy groups -OCH3 is 1. The Morgan fingerprint density at radius 1 is 1.43 bits per heavy atom. The Bertz CT molecular complexity index is 417. The molecule has 0 aliphatic heterocycles. The van der Waals surface area contributed by atoms with E-state index in [0.29, 0.717) is 6.04 Å². The zero-order valence-corrected chi connectivity index (χ0v) is 15.1. The number of hydrogen-bond donors (Lipinski definition) is 1. The molecule has 120 valence electrons. The van der Waals surface area contributed by atoms with Gasteiger partial charge < -0.3 is 15.0 Å². The van der Waals surface area contributed by atoms with E-state index in [1.807, 2.05) is 23.9 Å². The second-order valence-corrected chi connectivity index (χ2v) is 6.55. The van der Waals surface area contributed by atoms with Gasteiger partial charge in [0.05, 0.1) is 17.3 Å². The van der Waals surface area contributed by atoms with Gasteiger partial charge in [-0.2, -0.15) is 11.8 Å². The predicted molar refractivity (Wildman–Crippen MR) is 95.9 cm³/mol. The Morgan fingerprint density at radius 2 is 2.19 bits per heavy atom. The molecule has 5 heteroatoms. The Hall–Kier alpha value is -0.420. The Kier molecular flexibility index (Phi) is 9.16. The third kappa shape index (κ3) is 6.07. The second kappa shape index (κ2) is 10.3. The molecule has 1 aromatic carbocycles. The van der Waals surface area contributed by atoms with Crippen molar-refractivity contribution >= 4 is 29.1 Å². The third-order valence-electron chi connectivity index (χ3n) is 3.62. The van der Waals surface area contributed by atoms with Gasteiger partial charge >= 0.3 is 0 Å². The van der Waals surface area contributed by atoms with Gasteiger partial charge in [-0.05, 0) is 37.0 Å². The molecular weight excluding hydrogens is 304 g/mol. The summed E-state index contributed by atoms with van der Waals surface area (Å²) < 4.78 is 5.06. The van der Waals surface area contributed by atoms with E-state index in [0.717, 1.165) is 42.6 Å². The lowest BCUT2D eigenvalue weighted by molar-refractivity contribution is 0.199. The Balaban J connectivity index is 2.78. The number of hydrogen-bond acceptors (Lipinski definition) is 4. The molecule has 0 bridgehead atoms. The first-order valence-corrected chi connectivity index (χ1v) is 9.07. The van der Waals surface area contributed by atoms with Crippen molar-refractivity contribution in [2.24, 2.45) is 0 Å². The summed E-state index contributed by atoms with van der Waals surface area (Å²) in [5.41, 5.74) is 2.37. The van der Waals surface area contributed by atoms with Crippen LogP contribution in [0.1, 0.15) is 18.9 Å². The molecule has 0 aromatic heterocycles. The summed E-state index contributed by atoms with van der Waals surface area (Å²) in [7, 11) is 3.85. The molecule has 1 N–H and O–H groups in total. The zero-order chi connectivity index (χ0) is 15.7. The van der Waals surface area contributed by atoms with Crippen molar-refractivity contribution < 1.29 is 4.74 Å². The number of nitrogens with zero attached hydrogens (tertiary/aromatic N) is 1. The highest BCUT2D eigenvalue weighted by atomic mass is 35.5. The van der Waals surface area contributed by atoms with Crippen LogP contribution in [0.25, 0.3) is 0 Å². The topological polar surface area (TPSA) is 24.5 Å². The SMILES string of the molecule is COCCNCc1cccc(Cl)c1N(C)C(C)CCSC. The van der Waals surface area contributed by atoms with Gasteiger partial charge in [-0.3, -0.25) is 0 Å². The quantitative estimate of drug-likeness (QED) is 0.662. The average Bonchev–Trinajstić information content (AvgIpc) is 2.48. The number of ether oxygens (including phenoxy) is 1. The molecule has 0 fully saturated rings. The lowest BCUT2D eigenvalue weighted by atomic mass is 10.1. The summed E-state index contributed by atoms with van der Waals surface area (Å²) in [6, 6.07) is 6.58. The van der Waals surface area contributed by atoms with E-state index in [4.69, 9.17) is 16.3 Å². The molecule has 0 radical (unpaired) electrons. The lowest BCUT2D eigenvalue weighted by Crippen LogP contribution is -2.31. The highest BCUT2D eigenvalue weighted by molar-refractivity contribution is 7.98. The van der Waals surface area contributed by atoms with Crippen LogP contribution in [0.5, 0.6) is 0 Å². The second-order valence-electron chi connectivity index (χ2n) is 5.16. The predicted octanol–water partition coefficient (Wildman–Crippen LogP) is 3.65. The average molecular weight is 331 g/mol. The van der Waals surface area contributed by atoms with Crippen molar-refractivity contribution in [3.63, 3.8) is 0 Å². The van der Waals surface area contributed by atoms with Gasteiger partial charge in [0.25, 0.3) is 0 Å². The van der Waals surface area contributed by atoms with Crippen LogP contribution >= 0.6 is 23.4 Å². The van der Waals surface area contributed by atoms with Crippen LogP contribution in [0.4, 0.5) is 5.69 Å². The van der Waals surface area contributed by atoms with E-state index in [1.54, 1.807) is 7.11 Å². The zero-order valence-electron chi connectivity index (χ0n) is 13.5. The first kappa shape index (κ1) is 18.6. The normalized spacial score (nSPS) is 12.4. The van der Waals surface area contributed by atoms with Crippen molar-refractivity contribution in [3.05, 3.63) is 28.8 Å². The van der Waals surface area contributed by atoms with Crippen molar-refractivity contribution in [2.45, 2.75) is 25.9 Å². The van der Waals surface area contributed by atoms with Crippen molar-refractivity contribution in [1.29, 1.82) is 0 Å². The number of halogens is 1. The van der Waals surface area contributed by atoms with E-state index in [2.05, 4.69) is 36.5 Å². The van der Waals surface area contributed by atoms with Gasteiger partial charge in [0.2, 0.25) is 0 Å². The van der Waals surface area contributed by atoms with Gasteiger partial charge in [0, 0.05) is 33.3 Å². The van der Waals surface area contributed by atoms with Gasteiger partial charge in [0.1, 0.15) is 0 Å². The molecule has 0 aliphatic carbocycles. The fourth-order valence-electron chi connectivity index (χ4n) is 2.20. The number of rotatable bonds is 10. The Morgan fingerprint density at radius 3 is 2.86 bits per heavy atom. The smallest absolute Gasteiger partial charge is 0.0642 e. The van der Waals surface area contributed by atoms with Crippen LogP contribution in [0.2, 0.25) is 5.02 Å². The lowest BCUT2D eigenvalue weighted by Gasteiger charge is -2.30. The van der Waals surface area contributed by atoms with Gasteiger partial charge in [-0.25, -0.2) is 0 Å². The minimum absolute atomic E-state index is 0.468. The fourth-order valence-corrected chi connectivity index (χ4v) is 3.10. The molecule has 0 saturated heterocycles. The van der Waals surface area contributed by atoms with E-state index < -0.39 is 0 Å². The molecule has 0 heterocycles. The molecule has 0 amide bonds. The molecule has 1 rings (SSSR count). The van der Waals surface area contributed by atoms with Crippen LogP contribution in [-0.2, 0) is 11.3 Å². The molecule has 1 aromatic rings. The number of nitrogens with one attached hydrogen (secondary N) is 1. The van der Waals surface area contributed by atoms with Crippen LogP contribution in [0, 0.1) is 0 Å². The van der Waals surface area contributed by atoms with Crippen molar-refractivity contribution in [1.82, 2.24) is 5.32 Å². The molecule has 21 heavy (non-hydrogen) atoms. The summed E-state index contributed by atoms with van der Waals surface area (Å²) in [5, 5.41) is 4.21. The number of benzene rings is 1. The molecular formula is C16H27ClN2OS. The molecule has 1 atom stereocenters. The van der Waals surface area contributed by atoms with E-state index in [-0.39, 0.29) is 0 Å². The van der Waals surface area contributed by atoms with Crippen LogP contribution in [0.3, 0.4) is 0 Å². The van der Waals surface area contributed by atoms with Gasteiger partial charge in [-0.15, -0.1) is 0 Å². The summed E-state index contributed by atoms with van der Waals surface area (Å²) in [6.07, 6.45) is 3.30. The molecule has 0 aliphatic rings. The third-order valence-corrected chi connectivity index (χ3v) is 4.57. The maximum Gasteiger partial charge on any atom is 0.0642 e. The fraction of sp³-hybridized carbons (Fsp3) is 0.625.